The number of aromatic nitrogens is 1. The van der Waals surface area contributed by atoms with Gasteiger partial charge >= 0.3 is 0 Å². The lowest BCUT2D eigenvalue weighted by Gasteiger charge is -2.12. The van der Waals surface area contributed by atoms with Crippen LogP contribution in [0.4, 0.5) is 0 Å². The lowest BCUT2D eigenvalue weighted by Crippen LogP contribution is -1.89. The molecular formula is C23H14ClN. The van der Waals surface area contributed by atoms with Crippen molar-refractivity contribution in [3.05, 3.63) is 90.0 Å². The Kier molecular flexibility index (Phi) is 3.22. The van der Waals surface area contributed by atoms with Gasteiger partial charge < -0.3 is 0 Å². The van der Waals surface area contributed by atoms with Crippen molar-refractivity contribution in [1.82, 2.24) is 4.98 Å². The molecule has 118 valence electrons. The van der Waals surface area contributed by atoms with E-state index in [0.29, 0.717) is 0 Å². The van der Waals surface area contributed by atoms with Crippen LogP contribution in [-0.4, -0.2) is 4.98 Å². The summed E-state index contributed by atoms with van der Waals surface area (Å²) in [6, 6.07) is 29.2. The van der Waals surface area contributed by atoms with Crippen LogP contribution in [0.3, 0.4) is 0 Å². The molecule has 0 bridgehead atoms. The second-order valence-electron chi connectivity index (χ2n) is 6.23. The summed E-state index contributed by atoms with van der Waals surface area (Å²) in [7, 11) is 0. The molecule has 1 nitrogen and oxygen atoms in total. The molecule has 5 rings (SSSR count). The van der Waals surface area contributed by atoms with E-state index >= 15 is 0 Å². The lowest BCUT2D eigenvalue weighted by molar-refractivity contribution is 1.50. The van der Waals surface area contributed by atoms with Gasteiger partial charge in [0.25, 0.3) is 0 Å². The first-order valence-corrected chi connectivity index (χ1v) is 8.64. The smallest absolute Gasteiger partial charge is 0.0722 e. The van der Waals surface area contributed by atoms with E-state index in [0.717, 1.165) is 27.0 Å². The molecule has 0 atom stereocenters. The SMILES string of the molecule is Clc1ccc(-c2c3ccccc3nc3cc4ccccc4cc23)cc1. The second kappa shape index (κ2) is 5.58. The van der Waals surface area contributed by atoms with Gasteiger partial charge in [-0.05, 0) is 46.7 Å². The average Bonchev–Trinajstić information content (AvgIpc) is 2.65. The van der Waals surface area contributed by atoms with Crippen molar-refractivity contribution in [2.24, 2.45) is 0 Å². The molecule has 0 radical (unpaired) electrons. The highest BCUT2D eigenvalue weighted by Gasteiger charge is 2.12. The third-order valence-electron chi connectivity index (χ3n) is 4.68. The Morgan fingerprint density at radius 1 is 0.600 bits per heavy atom. The Labute approximate surface area is 150 Å². The first kappa shape index (κ1) is 14.4. The topological polar surface area (TPSA) is 12.9 Å². The van der Waals surface area contributed by atoms with Gasteiger partial charge in [0.2, 0.25) is 0 Å². The van der Waals surface area contributed by atoms with E-state index in [2.05, 4.69) is 66.7 Å². The zero-order valence-electron chi connectivity index (χ0n) is 13.4. The average molecular weight is 340 g/mol. The molecule has 0 N–H and O–H groups in total. The van der Waals surface area contributed by atoms with Crippen LogP contribution in [0, 0.1) is 0 Å². The summed E-state index contributed by atoms with van der Waals surface area (Å²) in [5.41, 5.74) is 4.39. The van der Waals surface area contributed by atoms with Crippen molar-refractivity contribution in [3.8, 4) is 11.1 Å². The first-order valence-electron chi connectivity index (χ1n) is 8.27. The van der Waals surface area contributed by atoms with Gasteiger partial charge in [-0.2, -0.15) is 0 Å². The number of halogens is 1. The number of pyridine rings is 1. The van der Waals surface area contributed by atoms with Gasteiger partial charge in [0.05, 0.1) is 11.0 Å². The van der Waals surface area contributed by atoms with Crippen molar-refractivity contribution >= 4 is 44.2 Å². The number of nitrogens with zero attached hydrogens (tertiary/aromatic N) is 1. The van der Waals surface area contributed by atoms with Crippen LogP contribution in [0.25, 0.3) is 43.7 Å². The standard InChI is InChI=1S/C23H14ClN/c24-18-11-9-15(10-12-18)23-19-7-3-4-8-21(19)25-22-14-17-6-2-1-5-16(17)13-20(22)23/h1-14H. The Balaban J connectivity index is 1.99. The molecule has 0 fully saturated rings. The second-order valence-corrected chi connectivity index (χ2v) is 6.66. The van der Waals surface area contributed by atoms with Crippen molar-refractivity contribution in [1.29, 1.82) is 0 Å². The largest absolute Gasteiger partial charge is 0.248 e. The van der Waals surface area contributed by atoms with E-state index in [-0.39, 0.29) is 0 Å². The van der Waals surface area contributed by atoms with Crippen LogP contribution < -0.4 is 0 Å². The Bertz CT molecular complexity index is 1230. The summed E-state index contributed by atoms with van der Waals surface area (Å²) in [5.74, 6) is 0. The number of hydrogen-bond donors (Lipinski definition) is 0. The van der Waals surface area contributed by atoms with E-state index in [1.165, 1.54) is 21.7 Å². The molecule has 0 unspecified atom stereocenters. The molecule has 0 amide bonds. The van der Waals surface area contributed by atoms with Crippen LogP contribution in [0.5, 0.6) is 0 Å². The van der Waals surface area contributed by atoms with Gasteiger partial charge in [0, 0.05) is 21.4 Å². The fourth-order valence-electron chi connectivity index (χ4n) is 3.51. The number of para-hydroxylation sites is 1. The molecule has 5 aromatic rings. The molecule has 4 aromatic carbocycles. The Hall–Kier alpha value is -2.90. The van der Waals surface area contributed by atoms with Crippen molar-refractivity contribution in [2.75, 3.05) is 0 Å². The van der Waals surface area contributed by atoms with Crippen LogP contribution in [-0.2, 0) is 0 Å². The lowest BCUT2D eigenvalue weighted by atomic mass is 9.94. The minimum Gasteiger partial charge on any atom is -0.248 e. The monoisotopic (exact) mass is 339 g/mol. The number of benzene rings is 4. The summed E-state index contributed by atoms with van der Waals surface area (Å²) in [6.07, 6.45) is 0. The summed E-state index contributed by atoms with van der Waals surface area (Å²) >= 11 is 6.10. The fraction of sp³-hybridized carbons (Fsp3) is 0. The zero-order valence-corrected chi connectivity index (χ0v) is 14.2. The molecule has 0 saturated heterocycles. The van der Waals surface area contributed by atoms with Crippen LogP contribution >= 0.6 is 11.6 Å². The quantitative estimate of drug-likeness (QED) is 0.304. The summed E-state index contributed by atoms with van der Waals surface area (Å²) in [5, 5.41) is 5.51. The van der Waals surface area contributed by atoms with E-state index in [1.807, 2.05) is 18.2 Å². The Morgan fingerprint density at radius 2 is 1.28 bits per heavy atom. The van der Waals surface area contributed by atoms with Gasteiger partial charge in [-0.1, -0.05) is 66.2 Å². The van der Waals surface area contributed by atoms with Gasteiger partial charge in [-0.15, -0.1) is 0 Å². The minimum absolute atomic E-state index is 0.747. The first-order chi connectivity index (χ1) is 12.3. The van der Waals surface area contributed by atoms with E-state index in [4.69, 9.17) is 16.6 Å². The maximum Gasteiger partial charge on any atom is 0.0722 e. The molecule has 1 heterocycles. The maximum absolute atomic E-state index is 6.10. The number of rotatable bonds is 1. The molecule has 25 heavy (non-hydrogen) atoms. The highest BCUT2D eigenvalue weighted by molar-refractivity contribution is 6.30. The fourth-order valence-corrected chi connectivity index (χ4v) is 3.63. The highest BCUT2D eigenvalue weighted by atomic mass is 35.5. The third kappa shape index (κ3) is 2.36. The Morgan fingerprint density at radius 3 is 2.08 bits per heavy atom. The van der Waals surface area contributed by atoms with Gasteiger partial charge in [-0.3, -0.25) is 0 Å². The number of fused-ring (bicyclic) bond motifs is 3. The van der Waals surface area contributed by atoms with Crippen molar-refractivity contribution in [3.63, 3.8) is 0 Å². The molecule has 0 aliphatic heterocycles. The number of hydrogen-bond acceptors (Lipinski definition) is 1. The van der Waals surface area contributed by atoms with Crippen molar-refractivity contribution < 1.29 is 0 Å². The van der Waals surface area contributed by atoms with Gasteiger partial charge in [-0.25, -0.2) is 4.98 Å². The predicted molar refractivity (Wildman–Crippen MR) is 107 cm³/mol. The molecule has 0 spiro atoms. The summed E-state index contributed by atoms with van der Waals surface area (Å²) < 4.78 is 0. The summed E-state index contributed by atoms with van der Waals surface area (Å²) in [6.45, 7) is 0. The molecule has 0 aliphatic carbocycles. The molecule has 2 heteroatoms. The van der Waals surface area contributed by atoms with Crippen LogP contribution in [0.2, 0.25) is 5.02 Å². The normalized spacial score (nSPS) is 11.4. The van der Waals surface area contributed by atoms with Crippen molar-refractivity contribution in [2.45, 2.75) is 0 Å². The van der Waals surface area contributed by atoms with E-state index < -0.39 is 0 Å². The molecule has 1 aromatic heterocycles. The molecular weight excluding hydrogens is 326 g/mol. The molecule has 0 saturated carbocycles. The summed E-state index contributed by atoms with van der Waals surface area (Å²) in [4.78, 5) is 4.91. The van der Waals surface area contributed by atoms with Gasteiger partial charge in [0.15, 0.2) is 0 Å². The van der Waals surface area contributed by atoms with Gasteiger partial charge in [0.1, 0.15) is 0 Å². The predicted octanol–water partition coefficient (Wildman–Crippen LogP) is 6.86. The highest BCUT2D eigenvalue weighted by Crippen LogP contribution is 2.36. The minimum atomic E-state index is 0.747. The molecule has 0 aliphatic rings. The van der Waals surface area contributed by atoms with E-state index in [9.17, 15) is 0 Å². The maximum atomic E-state index is 6.10. The zero-order chi connectivity index (χ0) is 16.8. The third-order valence-corrected chi connectivity index (χ3v) is 4.93. The van der Waals surface area contributed by atoms with Crippen LogP contribution in [0.1, 0.15) is 0 Å². The van der Waals surface area contributed by atoms with Crippen LogP contribution in [0.15, 0.2) is 84.9 Å². The van der Waals surface area contributed by atoms with E-state index in [1.54, 1.807) is 0 Å².